The number of carbonyl (C=O) groups is 4. The number of aliphatic carboxylic acids is 1. The zero-order chi connectivity index (χ0) is 15.2. The fraction of sp³-hybridized carbons (Fsp3) is 0.636. The highest BCUT2D eigenvalue weighted by Gasteiger charge is 2.41. The summed E-state index contributed by atoms with van der Waals surface area (Å²) in [5, 5.41) is 11.2. The topological polar surface area (TPSA) is 119 Å². The summed E-state index contributed by atoms with van der Waals surface area (Å²) in [6, 6.07) is -1.40. The maximum Gasteiger partial charge on any atom is 0.326 e. The third-order valence-corrected chi connectivity index (χ3v) is 2.59. The number of methoxy groups -OCH3 is 2. The van der Waals surface area contributed by atoms with Crippen molar-refractivity contribution in [3.8, 4) is 0 Å². The van der Waals surface area contributed by atoms with Crippen molar-refractivity contribution >= 4 is 23.8 Å². The minimum absolute atomic E-state index is 0.590. The summed E-state index contributed by atoms with van der Waals surface area (Å²) in [4.78, 5) is 45.1. The van der Waals surface area contributed by atoms with Gasteiger partial charge in [0.15, 0.2) is 5.92 Å². The van der Waals surface area contributed by atoms with Crippen LogP contribution < -0.4 is 5.32 Å². The molecule has 0 saturated carbocycles. The molecule has 0 aliphatic heterocycles. The Morgan fingerprint density at radius 3 is 1.74 bits per heavy atom. The number of amides is 1. The van der Waals surface area contributed by atoms with Gasteiger partial charge in [-0.1, -0.05) is 6.92 Å². The Morgan fingerprint density at radius 1 is 1.05 bits per heavy atom. The molecule has 0 aromatic rings. The minimum atomic E-state index is -1.43. The number of hydrogen-bond donors (Lipinski definition) is 2. The standard InChI is InChI=1S/C11H17NO7/c1-5(8(9(14)15)12-6(2)13)7(10(16)18-3)11(17)19-4/h5,7-8H,1-4H3,(H,12,13)(H,14,15)/t5-,8-/m1/s1. The van der Waals surface area contributed by atoms with E-state index in [1.54, 1.807) is 0 Å². The van der Waals surface area contributed by atoms with Crippen molar-refractivity contribution in [2.24, 2.45) is 11.8 Å². The van der Waals surface area contributed by atoms with Crippen molar-refractivity contribution in [3.05, 3.63) is 0 Å². The van der Waals surface area contributed by atoms with Gasteiger partial charge in [-0.15, -0.1) is 0 Å². The molecule has 0 heterocycles. The van der Waals surface area contributed by atoms with Gasteiger partial charge in [0.2, 0.25) is 5.91 Å². The molecule has 0 radical (unpaired) electrons. The summed E-state index contributed by atoms with van der Waals surface area (Å²) in [6.07, 6.45) is 0. The van der Waals surface area contributed by atoms with Crippen molar-refractivity contribution in [3.63, 3.8) is 0 Å². The van der Waals surface area contributed by atoms with Crippen molar-refractivity contribution in [2.75, 3.05) is 14.2 Å². The Kier molecular flexibility index (Phi) is 6.53. The molecule has 0 fully saturated rings. The molecule has 0 aromatic heterocycles. The van der Waals surface area contributed by atoms with Gasteiger partial charge < -0.3 is 19.9 Å². The molecular weight excluding hydrogens is 258 g/mol. The lowest BCUT2D eigenvalue weighted by atomic mass is 9.87. The number of ether oxygens (including phenoxy) is 2. The number of carboxylic acid groups (broad SMARTS) is 1. The predicted octanol–water partition coefficient (Wildman–Crippen LogP) is -0.826. The molecule has 2 N–H and O–H groups in total. The Bertz CT molecular complexity index is 363. The third kappa shape index (κ3) is 4.57. The predicted molar refractivity (Wildman–Crippen MR) is 61.9 cm³/mol. The van der Waals surface area contributed by atoms with E-state index in [0.29, 0.717) is 0 Å². The Morgan fingerprint density at radius 2 is 1.47 bits per heavy atom. The van der Waals surface area contributed by atoms with Crippen molar-refractivity contribution in [1.29, 1.82) is 0 Å². The number of carbonyl (C=O) groups excluding carboxylic acids is 3. The molecule has 0 saturated heterocycles. The van der Waals surface area contributed by atoms with E-state index in [-0.39, 0.29) is 0 Å². The number of rotatable bonds is 6. The van der Waals surface area contributed by atoms with E-state index < -0.39 is 41.7 Å². The number of esters is 2. The van der Waals surface area contributed by atoms with Crippen LogP contribution in [0.5, 0.6) is 0 Å². The second-order valence-corrected chi connectivity index (χ2v) is 3.90. The van der Waals surface area contributed by atoms with Gasteiger partial charge in [-0.3, -0.25) is 14.4 Å². The monoisotopic (exact) mass is 275 g/mol. The van der Waals surface area contributed by atoms with Gasteiger partial charge in [0.05, 0.1) is 14.2 Å². The summed E-state index contributed by atoms with van der Waals surface area (Å²) in [7, 11) is 2.14. The number of carboxylic acids is 1. The quantitative estimate of drug-likeness (QED) is 0.479. The SMILES string of the molecule is COC(=O)C(C(=O)OC)[C@@H](C)[C@@H](NC(C)=O)C(=O)O. The molecule has 0 aliphatic rings. The van der Waals surface area contributed by atoms with Gasteiger partial charge in [-0.25, -0.2) is 4.79 Å². The Labute approximate surface area is 110 Å². The molecule has 0 aromatic carbocycles. The van der Waals surface area contributed by atoms with Crippen LogP contribution in [0.3, 0.4) is 0 Å². The Hall–Kier alpha value is -2.12. The highest BCUT2D eigenvalue weighted by atomic mass is 16.5. The van der Waals surface area contributed by atoms with E-state index >= 15 is 0 Å². The van der Waals surface area contributed by atoms with Crippen LogP contribution >= 0.6 is 0 Å². The van der Waals surface area contributed by atoms with Gasteiger partial charge in [0, 0.05) is 12.8 Å². The molecule has 0 unspecified atom stereocenters. The molecule has 8 heteroatoms. The highest BCUT2D eigenvalue weighted by molar-refractivity contribution is 5.96. The first-order chi connectivity index (χ1) is 8.76. The van der Waals surface area contributed by atoms with Gasteiger partial charge in [-0.05, 0) is 0 Å². The van der Waals surface area contributed by atoms with Crippen molar-refractivity contribution in [1.82, 2.24) is 5.32 Å². The number of nitrogens with one attached hydrogen (secondary N) is 1. The zero-order valence-corrected chi connectivity index (χ0v) is 11.1. The summed E-state index contributed by atoms with van der Waals surface area (Å²) in [6.45, 7) is 2.47. The summed E-state index contributed by atoms with van der Waals surface area (Å²) in [5.74, 6) is -6.25. The van der Waals surface area contributed by atoms with E-state index in [9.17, 15) is 19.2 Å². The van der Waals surface area contributed by atoms with E-state index in [2.05, 4.69) is 14.8 Å². The third-order valence-electron chi connectivity index (χ3n) is 2.59. The second-order valence-electron chi connectivity index (χ2n) is 3.90. The van der Waals surface area contributed by atoms with Gasteiger partial charge in [-0.2, -0.15) is 0 Å². The fourth-order valence-electron chi connectivity index (χ4n) is 1.61. The van der Waals surface area contributed by atoms with Crippen LogP contribution in [0, 0.1) is 11.8 Å². The van der Waals surface area contributed by atoms with Crippen LogP contribution in [0.2, 0.25) is 0 Å². The van der Waals surface area contributed by atoms with Crippen LogP contribution in [0.4, 0.5) is 0 Å². The van der Waals surface area contributed by atoms with Crippen LogP contribution in [-0.2, 0) is 28.7 Å². The Balaban J connectivity index is 5.28. The normalized spacial score (nSPS) is 13.3. The average Bonchev–Trinajstić information content (AvgIpc) is 2.34. The van der Waals surface area contributed by atoms with Crippen LogP contribution in [0.1, 0.15) is 13.8 Å². The fourth-order valence-corrected chi connectivity index (χ4v) is 1.61. The lowest BCUT2D eigenvalue weighted by Crippen LogP contribution is -2.50. The molecule has 19 heavy (non-hydrogen) atoms. The largest absolute Gasteiger partial charge is 0.480 e. The van der Waals surface area contributed by atoms with Gasteiger partial charge in [0.25, 0.3) is 0 Å². The van der Waals surface area contributed by atoms with Gasteiger partial charge in [0.1, 0.15) is 6.04 Å². The van der Waals surface area contributed by atoms with Crippen molar-refractivity contribution < 1.29 is 33.8 Å². The van der Waals surface area contributed by atoms with E-state index in [1.165, 1.54) is 6.92 Å². The maximum absolute atomic E-state index is 11.5. The van der Waals surface area contributed by atoms with Crippen LogP contribution in [0.25, 0.3) is 0 Å². The summed E-state index contributed by atoms with van der Waals surface area (Å²) in [5.41, 5.74) is 0. The molecule has 0 aliphatic carbocycles. The van der Waals surface area contributed by atoms with Crippen LogP contribution in [-0.4, -0.2) is 49.2 Å². The lowest BCUT2D eigenvalue weighted by molar-refractivity contribution is -0.163. The van der Waals surface area contributed by atoms with E-state index in [0.717, 1.165) is 21.1 Å². The summed E-state index contributed by atoms with van der Waals surface area (Å²) >= 11 is 0. The molecule has 108 valence electrons. The molecule has 0 spiro atoms. The molecular formula is C11H17NO7. The molecule has 2 atom stereocenters. The smallest absolute Gasteiger partial charge is 0.326 e. The first-order valence-electron chi connectivity index (χ1n) is 5.41. The molecule has 0 rings (SSSR count). The van der Waals surface area contributed by atoms with E-state index in [1.807, 2.05) is 0 Å². The zero-order valence-electron chi connectivity index (χ0n) is 11.1. The first-order valence-corrected chi connectivity index (χ1v) is 5.41. The molecule has 0 bridgehead atoms. The minimum Gasteiger partial charge on any atom is -0.480 e. The van der Waals surface area contributed by atoms with Gasteiger partial charge >= 0.3 is 17.9 Å². The first kappa shape index (κ1) is 16.9. The molecule has 8 nitrogen and oxygen atoms in total. The molecule has 1 amide bonds. The van der Waals surface area contributed by atoms with Crippen LogP contribution in [0.15, 0.2) is 0 Å². The summed E-state index contributed by atoms with van der Waals surface area (Å²) < 4.78 is 8.89. The second kappa shape index (κ2) is 7.34. The maximum atomic E-state index is 11.5. The average molecular weight is 275 g/mol. The number of hydrogen-bond acceptors (Lipinski definition) is 6. The van der Waals surface area contributed by atoms with E-state index in [4.69, 9.17) is 5.11 Å². The van der Waals surface area contributed by atoms with Crippen molar-refractivity contribution in [2.45, 2.75) is 19.9 Å². The lowest BCUT2D eigenvalue weighted by Gasteiger charge is -2.25. The highest BCUT2D eigenvalue weighted by Crippen LogP contribution is 2.19.